The Balaban J connectivity index is 3.24. The molecule has 0 aliphatic rings. The lowest BCUT2D eigenvalue weighted by Gasteiger charge is -2.07. The predicted octanol–water partition coefficient (Wildman–Crippen LogP) is 0.361. The van der Waals surface area contributed by atoms with Gasteiger partial charge in [0.2, 0.25) is 5.91 Å². The summed E-state index contributed by atoms with van der Waals surface area (Å²) < 4.78 is 10.5. The quantitative estimate of drug-likeness (QED) is 0.479. The summed E-state index contributed by atoms with van der Waals surface area (Å²) in [6, 6.07) is 0. The molecule has 0 saturated heterocycles. The lowest BCUT2D eigenvalue weighted by atomic mass is 10.1. The van der Waals surface area contributed by atoms with E-state index in [1.165, 1.54) is 0 Å². The number of amides is 1. The fourth-order valence-electron chi connectivity index (χ4n) is 1.31. The van der Waals surface area contributed by atoms with Crippen molar-refractivity contribution >= 4 is 11.7 Å². The highest BCUT2D eigenvalue weighted by Crippen LogP contribution is 1.95. The lowest BCUT2D eigenvalue weighted by Crippen LogP contribution is -2.30. The molecule has 0 bridgehead atoms. The number of carbonyl (C=O) groups is 2. The van der Waals surface area contributed by atoms with Crippen LogP contribution in [0.5, 0.6) is 0 Å². The van der Waals surface area contributed by atoms with Crippen molar-refractivity contribution in [2.45, 2.75) is 26.7 Å². The molecule has 0 aliphatic heterocycles. The Morgan fingerprint density at radius 1 is 1.05 bits per heavy atom. The maximum Gasteiger partial charge on any atom is 0.220 e. The molecule has 0 heterocycles. The van der Waals surface area contributed by atoms with Crippen LogP contribution in [0.25, 0.3) is 0 Å². The third-order valence-corrected chi connectivity index (χ3v) is 2.65. The van der Waals surface area contributed by atoms with Crippen molar-refractivity contribution in [3.63, 3.8) is 0 Å². The molecule has 0 aromatic heterocycles. The van der Waals surface area contributed by atoms with Crippen molar-refractivity contribution in [3.05, 3.63) is 0 Å². The van der Waals surface area contributed by atoms with E-state index in [0.29, 0.717) is 39.2 Å². The van der Waals surface area contributed by atoms with E-state index in [9.17, 15) is 9.59 Å². The Morgan fingerprint density at radius 2 is 1.75 bits per heavy atom. The molecule has 20 heavy (non-hydrogen) atoms. The average Bonchev–Trinajstić information content (AvgIpc) is 2.41. The molecule has 0 fully saturated rings. The molecular formula is C14H28N2O4. The normalized spacial score (nSPS) is 10.8. The van der Waals surface area contributed by atoms with E-state index < -0.39 is 0 Å². The summed E-state index contributed by atoms with van der Waals surface area (Å²) in [6.45, 7) is 6.66. The molecular weight excluding hydrogens is 260 g/mol. The number of nitrogens with one attached hydrogen (secondary N) is 2. The van der Waals surface area contributed by atoms with E-state index in [1.807, 2.05) is 20.9 Å². The van der Waals surface area contributed by atoms with Crippen LogP contribution in [0.15, 0.2) is 0 Å². The summed E-state index contributed by atoms with van der Waals surface area (Å²) in [5, 5.41) is 5.76. The van der Waals surface area contributed by atoms with Crippen LogP contribution < -0.4 is 10.6 Å². The molecule has 0 aromatic rings. The van der Waals surface area contributed by atoms with Crippen molar-refractivity contribution in [1.29, 1.82) is 0 Å². The van der Waals surface area contributed by atoms with E-state index in [4.69, 9.17) is 9.47 Å². The smallest absolute Gasteiger partial charge is 0.220 e. The van der Waals surface area contributed by atoms with Gasteiger partial charge >= 0.3 is 0 Å². The number of ether oxygens (including phenoxy) is 2. The van der Waals surface area contributed by atoms with Gasteiger partial charge in [-0.3, -0.25) is 9.59 Å². The molecule has 0 atom stereocenters. The zero-order chi connectivity index (χ0) is 15.2. The Bertz CT molecular complexity index is 270. The minimum atomic E-state index is 0.0114. The van der Waals surface area contributed by atoms with Crippen molar-refractivity contribution in [3.8, 4) is 0 Å². The van der Waals surface area contributed by atoms with E-state index in [1.54, 1.807) is 0 Å². The zero-order valence-corrected chi connectivity index (χ0v) is 12.9. The van der Waals surface area contributed by atoms with Gasteiger partial charge in [-0.25, -0.2) is 0 Å². The third-order valence-electron chi connectivity index (χ3n) is 2.65. The fraction of sp³-hybridized carbons (Fsp3) is 0.857. The van der Waals surface area contributed by atoms with Crippen LogP contribution in [0.3, 0.4) is 0 Å². The molecule has 2 N–H and O–H groups in total. The van der Waals surface area contributed by atoms with Crippen LogP contribution in [0.2, 0.25) is 0 Å². The fourth-order valence-corrected chi connectivity index (χ4v) is 1.31. The standard InChI is InChI=1S/C14H28N2O4/c1-12(2)13(17)11-20-10-9-19-8-4-5-14(18)16-7-6-15-3/h12,15H,4-11H2,1-3H3,(H,16,18). The molecule has 0 aliphatic carbocycles. The minimum absolute atomic E-state index is 0.0114. The van der Waals surface area contributed by atoms with Gasteiger partial charge < -0.3 is 20.1 Å². The molecule has 0 aromatic carbocycles. The van der Waals surface area contributed by atoms with Gasteiger partial charge in [0.25, 0.3) is 0 Å². The molecule has 6 nitrogen and oxygen atoms in total. The van der Waals surface area contributed by atoms with Gasteiger partial charge in [0.15, 0.2) is 5.78 Å². The second-order valence-electron chi connectivity index (χ2n) is 4.84. The average molecular weight is 288 g/mol. The van der Waals surface area contributed by atoms with Gasteiger partial charge in [-0.2, -0.15) is 0 Å². The number of ketones is 1. The van der Waals surface area contributed by atoms with Crippen LogP contribution in [-0.4, -0.2) is 58.3 Å². The largest absolute Gasteiger partial charge is 0.379 e. The number of rotatable bonds is 13. The summed E-state index contributed by atoms with van der Waals surface area (Å²) in [5.41, 5.74) is 0. The van der Waals surface area contributed by atoms with Crippen LogP contribution in [0, 0.1) is 5.92 Å². The second kappa shape index (κ2) is 13.0. The summed E-state index contributed by atoms with van der Waals surface area (Å²) in [7, 11) is 1.84. The highest BCUT2D eigenvalue weighted by molar-refractivity contribution is 5.81. The minimum Gasteiger partial charge on any atom is -0.379 e. The number of hydrogen-bond acceptors (Lipinski definition) is 5. The van der Waals surface area contributed by atoms with Crippen molar-refractivity contribution in [2.24, 2.45) is 5.92 Å². The zero-order valence-electron chi connectivity index (χ0n) is 12.9. The van der Waals surface area contributed by atoms with Gasteiger partial charge in [0.05, 0.1) is 13.2 Å². The van der Waals surface area contributed by atoms with Crippen LogP contribution in [0.4, 0.5) is 0 Å². The van der Waals surface area contributed by atoms with Gasteiger partial charge in [0.1, 0.15) is 6.61 Å². The number of carbonyl (C=O) groups excluding carboxylic acids is 2. The number of hydrogen-bond donors (Lipinski definition) is 2. The third kappa shape index (κ3) is 12.1. The molecule has 0 radical (unpaired) electrons. The maximum atomic E-state index is 11.3. The highest BCUT2D eigenvalue weighted by atomic mass is 16.5. The van der Waals surface area contributed by atoms with Gasteiger partial charge in [-0.1, -0.05) is 13.8 Å². The first-order valence-electron chi connectivity index (χ1n) is 7.17. The Morgan fingerprint density at radius 3 is 2.40 bits per heavy atom. The first kappa shape index (κ1) is 19.0. The molecule has 0 unspecified atom stereocenters. The SMILES string of the molecule is CNCCNC(=O)CCCOCCOCC(=O)C(C)C. The van der Waals surface area contributed by atoms with Crippen molar-refractivity contribution in [2.75, 3.05) is 46.6 Å². The van der Waals surface area contributed by atoms with E-state index in [0.717, 1.165) is 6.54 Å². The molecule has 0 saturated carbocycles. The van der Waals surface area contributed by atoms with Crippen LogP contribution in [-0.2, 0) is 19.1 Å². The lowest BCUT2D eigenvalue weighted by molar-refractivity contribution is -0.127. The molecule has 0 rings (SSSR count). The van der Waals surface area contributed by atoms with Crippen molar-refractivity contribution < 1.29 is 19.1 Å². The predicted molar refractivity (Wildman–Crippen MR) is 77.7 cm³/mol. The van der Waals surface area contributed by atoms with Crippen molar-refractivity contribution in [1.82, 2.24) is 10.6 Å². The van der Waals surface area contributed by atoms with Crippen LogP contribution >= 0.6 is 0 Å². The summed E-state index contributed by atoms with van der Waals surface area (Å²) >= 11 is 0. The summed E-state index contributed by atoms with van der Waals surface area (Å²) in [4.78, 5) is 22.6. The molecule has 1 amide bonds. The monoisotopic (exact) mass is 288 g/mol. The number of Topliss-reactive ketones (excluding diaryl/α,β-unsaturated/α-hetero) is 1. The molecule has 6 heteroatoms. The Hall–Kier alpha value is -0.980. The van der Waals surface area contributed by atoms with Gasteiger partial charge in [-0.15, -0.1) is 0 Å². The van der Waals surface area contributed by atoms with E-state index in [2.05, 4.69) is 10.6 Å². The summed E-state index contributed by atoms with van der Waals surface area (Å²) in [5.74, 6) is 0.156. The molecule has 0 spiro atoms. The summed E-state index contributed by atoms with van der Waals surface area (Å²) in [6.07, 6.45) is 1.16. The first-order chi connectivity index (χ1) is 9.57. The van der Waals surface area contributed by atoms with E-state index in [-0.39, 0.29) is 24.2 Å². The van der Waals surface area contributed by atoms with Crippen LogP contribution in [0.1, 0.15) is 26.7 Å². The molecule has 118 valence electrons. The van der Waals surface area contributed by atoms with Gasteiger partial charge in [0, 0.05) is 32.0 Å². The Labute approximate surface area is 121 Å². The van der Waals surface area contributed by atoms with Gasteiger partial charge in [-0.05, 0) is 13.5 Å². The highest BCUT2D eigenvalue weighted by Gasteiger charge is 2.06. The Kier molecular flexibility index (Phi) is 12.4. The van der Waals surface area contributed by atoms with E-state index >= 15 is 0 Å². The number of likely N-dealkylation sites (N-methyl/N-ethyl adjacent to an activating group) is 1. The first-order valence-corrected chi connectivity index (χ1v) is 7.17. The maximum absolute atomic E-state index is 11.3. The second-order valence-corrected chi connectivity index (χ2v) is 4.84. The topological polar surface area (TPSA) is 76.7 Å².